The first-order valence-corrected chi connectivity index (χ1v) is 8.80. The van der Waals surface area contributed by atoms with Crippen molar-refractivity contribution in [3.05, 3.63) is 66.2 Å². The number of carbonyl (C=O) groups is 2. The molecule has 0 radical (unpaired) electrons. The molecule has 1 fully saturated rings. The smallest absolute Gasteiger partial charge is 0.229 e. The van der Waals surface area contributed by atoms with Gasteiger partial charge in [0.05, 0.1) is 11.6 Å². The van der Waals surface area contributed by atoms with Crippen molar-refractivity contribution in [2.24, 2.45) is 5.92 Å². The summed E-state index contributed by atoms with van der Waals surface area (Å²) in [6, 6.07) is 14.3. The van der Waals surface area contributed by atoms with Gasteiger partial charge >= 0.3 is 0 Å². The molecule has 0 bridgehead atoms. The number of hydrogen-bond acceptors (Lipinski definition) is 4. The molecule has 136 valence electrons. The largest absolute Gasteiger partial charge is 0.326 e. The summed E-state index contributed by atoms with van der Waals surface area (Å²) in [6.45, 7) is 0.335. The first-order chi connectivity index (χ1) is 13.1. The van der Waals surface area contributed by atoms with Crippen molar-refractivity contribution in [2.45, 2.75) is 6.42 Å². The van der Waals surface area contributed by atoms with Crippen molar-refractivity contribution < 1.29 is 9.59 Å². The molecular formula is C19H16ClN5O2. The second-order valence-corrected chi connectivity index (χ2v) is 6.70. The lowest BCUT2D eigenvalue weighted by atomic mass is 10.1. The van der Waals surface area contributed by atoms with Gasteiger partial charge in [0.2, 0.25) is 11.8 Å². The van der Waals surface area contributed by atoms with Crippen molar-refractivity contribution in [1.29, 1.82) is 0 Å². The molecule has 2 aromatic carbocycles. The fourth-order valence-corrected chi connectivity index (χ4v) is 3.24. The van der Waals surface area contributed by atoms with Crippen molar-refractivity contribution in [2.75, 3.05) is 16.8 Å². The second-order valence-electron chi connectivity index (χ2n) is 6.26. The maximum Gasteiger partial charge on any atom is 0.229 e. The Labute approximate surface area is 160 Å². The van der Waals surface area contributed by atoms with E-state index in [1.807, 2.05) is 18.2 Å². The molecule has 7 nitrogen and oxygen atoms in total. The lowest BCUT2D eigenvalue weighted by molar-refractivity contribution is -0.122. The average molecular weight is 382 g/mol. The molecule has 4 rings (SSSR count). The highest BCUT2D eigenvalue weighted by Crippen LogP contribution is 2.28. The summed E-state index contributed by atoms with van der Waals surface area (Å²) >= 11 is 6.00. The van der Waals surface area contributed by atoms with E-state index in [1.165, 1.54) is 6.33 Å². The third-order valence-corrected chi connectivity index (χ3v) is 4.67. The zero-order chi connectivity index (χ0) is 18.8. The van der Waals surface area contributed by atoms with Crippen LogP contribution in [0.3, 0.4) is 0 Å². The van der Waals surface area contributed by atoms with Gasteiger partial charge in [-0.05, 0) is 42.5 Å². The first kappa shape index (κ1) is 17.2. The van der Waals surface area contributed by atoms with Gasteiger partial charge in [-0.25, -0.2) is 9.67 Å². The molecule has 3 aromatic rings. The van der Waals surface area contributed by atoms with Crippen LogP contribution in [0.1, 0.15) is 6.42 Å². The molecule has 2 amide bonds. The van der Waals surface area contributed by atoms with E-state index in [0.717, 1.165) is 5.69 Å². The zero-order valence-electron chi connectivity index (χ0n) is 14.2. The number of aromatic nitrogens is 3. The summed E-state index contributed by atoms with van der Waals surface area (Å²) in [4.78, 5) is 30.4. The number of benzene rings is 2. The number of nitrogens with zero attached hydrogens (tertiary/aromatic N) is 4. The number of anilines is 2. The molecule has 0 aliphatic carbocycles. The van der Waals surface area contributed by atoms with Crippen molar-refractivity contribution in [1.82, 2.24) is 14.8 Å². The Morgan fingerprint density at radius 1 is 1.15 bits per heavy atom. The van der Waals surface area contributed by atoms with Crippen LogP contribution in [0, 0.1) is 5.92 Å². The third kappa shape index (κ3) is 3.68. The first-order valence-electron chi connectivity index (χ1n) is 8.42. The average Bonchev–Trinajstić information content (AvgIpc) is 3.32. The molecule has 2 heterocycles. The number of nitrogens with one attached hydrogen (secondary N) is 1. The minimum atomic E-state index is -0.411. The summed E-state index contributed by atoms with van der Waals surface area (Å²) in [5.41, 5.74) is 2.21. The van der Waals surface area contributed by atoms with Crippen LogP contribution in [0.2, 0.25) is 5.02 Å². The van der Waals surface area contributed by atoms with E-state index in [-0.39, 0.29) is 18.2 Å². The molecular weight excluding hydrogens is 366 g/mol. The normalized spacial score (nSPS) is 16.6. The Kier molecular flexibility index (Phi) is 4.60. The summed E-state index contributed by atoms with van der Waals surface area (Å²) in [5, 5.41) is 7.48. The summed E-state index contributed by atoms with van der Waals surface area (Å²) in [6.07, 6.45) is 3.23. The van der Waals surface area contributed by atoms with Gasteiger partial charge < -0.3 is 10.2 Å². The Morgan fingerprint density at radius 3 is 2.67 bits per heavy atom. The topological polar surface area (TPSA) is 80.1 Å². The molecule has 1 aliphatic rings. The van der Waals surface area contributed by atoms with Crippen molar-refractivity contribution in [3.63, 3.8) is 0 Å². The fourth-order valence-electron chi connectivity index (χ4n) is 3.06. The summed E-state index contributed by atoms with van der Waals surface area (Å²) in [7, 11) is 0. The Hall–Kier alpha value is -3.19. The van der Waals surface area contributed by atoms with Crippen LogP contribution >= 0.6 is 11.6 Å². The van der Waals surface area contributed by atoms with Crippen LogP contribution in [0.25, 0.3) is 5.69 Å². The second kappa shape index (κ2) is 7.20. The van der Waals surface area contributed by atoms with E-state index in [4.69, 9.17) is 11.6 Å². The quantitative estimate of drug-likeness (QED) is 0.753. The number of rotatable bonds is 4. The maximum absolute atomic E-state index is 12.6. The SMILES string of the molecule is O=C(Nc1ccc(-n2cncn2)cc1)C1CC(=O)N(c2cccc(Cl)c2)C1. The van der Waals surface area contributed by atoms with Crippen LogP contribution in [0.4, 0.5) is 11.4 Å². The minimum absolute atomic E-state index is 0.0843. The predicted molar refractivity (Wildman–Crippen MR) is 102 cm³/mol. The molecule has 1 atom stereocenters. The third-order valence-electron chi connectivity index (χ3n) is 4.43. The van der Waals surface area contributed by atoms with Crippen LogP contribution in [-0.2, 0) is 9.59 Å². The molecule has 0 spiro atoms. The maximum atomic E-state index is 12.6. The van der Waals surface area contributed by atoms with Crippen LogP contribution in [-0.4, -0.2) is 33.1 Å². The predicted octanol–water partition coefficient (Wildman–Crippen LogP) is 2.91. The van der Waals surface area contributed by atoms with Gasteiger partial charge in [0, 0.05) is 29.4 Å². The lowest BCUT2D eigenvalue weighted by Gasteiger charge is -2.17. The standard InChI is InChI=1S/C19H16ClN5O2/c20-14-2-1-3-17(9-14)24-10-13(8-18(24)26)19(27)23-15-4-6-16(7-5-15)25-12-21-11-22-25/h1-7,9,11-13H,8,10H2,(H,23,27). The van der Waals surface area contributed by atoms with E-state index in [9.17, 15) is 9.59 Å². The highest BCUT2D eigenvalue weighted by atomic mass is 35.5. The van der Waals surface area contributed by atoms with E-state index in [0.29, 0.717) is 22.9 Å². The number of hydrogen-bond donors (Lipinski definition) is 1. The van der Waals surface area contributed by atoms with E-state index >= 15 is 0 Å². The van der Waals surface area contributed by atoms with Gasteiger partial charge in [-0.1, -0.05) is 17.7 Å². The molecule has 0 saturated carbocycles. The molecule has 8 heteroatoms. The summed E-state index contributed by atoms with van der Waals surface area (Å²) in [5.74, 6) is -0.674. The van der Waals surface area contributed by atoms with Crippen LogP contribution in [0.5, 0.6) is 0 Å². The van der Waals surface area contributed by atoms with Crippen LogP contribution < -0.4 is 10.2 Å². The number of amides is 2. The zero-order valence-corrected chi connectivity index (χ0v) is 15.0. The molecule has 1 aliphatic heterocycles. The fraction of sp³-hybridized carbons (Fsp3) is 0.158. The lowest BCUT2D eigenvalue weighted by Crippen LogP contribution is -2.28. The van der Waals surface area contributed by atoms with E-state index in [2.05, 4.69) is 15.4 Å². The van der Waals surface area contributed by atoms with E-state index in [1.54, 1.807) is 46.2 Å². The Balaban J connectivity index is 1.42. The van der Waals surface area contributed by atoms with Gasteiger partial charge in [0.15, 0.2) is 0 Å². The number of carbonyl (C=O) groups excluding carboxylic acids is 2. The monoisotopic (exact) mass is 381 g/mol. The molecule has 1 N–H and O–H groups in total. The summed E-state index contributed by atoms with van der Waals surface area (Å²) < 4.78 is 1.63. The van der Waals surface area contributed by atoms with Gasteiger partial charge in [0.25, 0.3) is 0 Å². The van der Waals surface area contributed by atoms with Crippen molar-refractivity contribution in [3.8, 4) is 5.69 Å². The Morgan fingerprint density at radius 2 is 1.96 bits per heavy atom. The van der Waals surface area contributed by atoms with Gasteiger partial charge in [0.1, 0.15) is 12.7 Å². The van der Waals surface area contributed by atoms with Gasteiger partial charge in [-0.3, -0.25) is 9.59 Å². The molecule has 1 aromatic heterocycles. The Bertz CT molecular complexity index is 972. The number of halogens is 1. The van der Waals surface area contributed by atoms with Gasteiger partial charge in [-0.15, -0.1) is 0 Å². The van der Waals surface area contributed by atoms with Crippen molar-refractivity contribution >= 4 is 34.8 Å². The van der Waals surface area contributed by atoms with Gasteiger partial charge in [-0.2, -0.15) is 5.10 Å². The van der Waals surface area contributed by atoms with Crippen LogP contribution in [0.15, 0.2) is 61.2 Å². The highest BCUT2D eigenvalue weighted by Gasteiger charge is 2.35. The highest BCUT2D eigenvalue weighted by molar-refractivity contribution is 6.31. The van der Waals surface area contributed by atoms with E-state index < -0.39 is 5.92 Å². The molecule has 1 saturated heterocycles. The molecule has 1 unspecified atom stereocenters. The minimum Gasteiger partial charge on any atom is -0.326 e. The molecule has 27 heavy (non-hydrogen) atoms.